The van der Waals surface area contributed by atoms with Gasteiger partial charge in [0, 0.05) is 6.20 Å². The van der Waals surface area contributed by atoms with Gasteiger partial charge in [0.2, 0.25) is 0 Å². The average molecular weight is 319 g/mol. The summed E-state index contributed by atoms with van der Waals surface area (Å²) < 4.78 is 6.11. The average Bonchev–Trinajstić information content (AvgIpc) is 2.46. The van der Waals surface area contributed by atoms with E-state index in [0.29, 0.717) is 23.3 Å². The van der Waals surface area contributed by atoms with Crippen LogP contribution in [0.5, 0.6) is 5.75 Å². The summed E-state index contributed by atoms with van der Waals surface area (Å²) in [6, 6.07) is 11.1. The van der Waals surface area contributed by atoms with E-state index in [4.69, 9.17) is 4.74 Å². The van der Waals surface area contributed by atoms with Crippen LogP contribution < -0.4 is 9.64 Å². The van der Waals surface area contributed by atoms with Crippen LogP contribution in [0.1, 0.15) is 10.4 Å². The van der Waals surface area contributed by atoms with E-state index in [-0.39, 0.29) is 5.91 Å². The molecule has 0 saturated heterocycles. The third-order valence-corrected chi connectivity index (χ3v) is 3.60. The SMILES string of the molecule is O=C(c1cccnc1Br)N1CCOc2ccccc21. The Hall–Kier alpha value is -1.88. The fraction of sp³-hybridized carbons (Fsp3) is 0.143. The van der Waals surface area contributed by atoms with Crippen molar-refractivity contribution in [3.05, 3.63) is 52.8 Å². The second-order valence-corrected chi connectivity index (χ2v) is 4.87. The third kappa shape index (κ3) is 2.21. The van der Waals surface area contributed by atoms with Gasteiger partial charge in [0.05, 0.1) is 17.8 Å². The summed E-state index contributed by atoms with van der Waals surface area (Å²) >= 11 is 3.31. The normalized spacial score (nSPS) is 13.6. The van der Waals surface area contributed by atoms with Crippen LogP contribution in [0.3, 0.4) is 0 Å². The molecule has 0 N–H and O–H groups in total. The number of amides is 1. The van der Waals surface area contributed by atoms with E-state index in [2.05, 4.69) is 20.9 Å². The summed E-state index contributed by atoms with van der Waals surface area (Å²) in [6.07, 6.45) is 1.65. The van der Waals surface area contributed by atoms with Gasteiger partial charge >= 0.3 is 0 Å². The minimum atomic E-state index is -0.0734. The number of carbonyl (C=O) groups excluding carboxylic acids is 1. The van der Waals surface area contributed by atoms with Crippen LogP contribution in [0.2, 0.25) is 0 Å². The monoisotopic (exact) mass is 318 g/mol. The highest BCUT2D eigenvalue weighted by molar-refractivity contribution is 9.10. The van der Waals surface area contributed by atoms with Gasteiger partial charge in [-0.3, -0.25) is 4.79 Å². The van der Waals surface area contributed by atoms with E-state index < -0.39 is 0 Å². The lowest BCUT2D eigenvalue weighted by atomic mass is 10.2. The Morgan fingerprint density at radius 1 is 1.26 bits per heavy atom. The molecule has 0 spiro atoms. The summed E-state index contributed by atoms with van der Waals surface area (Å²) in [5, 5.41) is 0. The predicted molar refractivity (Wildman–Crippen MR) is 75.6 cm³/mol. The summed E-state index contributed by atoms with van der Waals surface area (Å²) in [5.41, 5.74) is 1.36. The highest BCUT2D eigenvalue weighted by Crippen LogP contribution is 2.32. The quantitative estimate of drug-likeness (QED) is 0.759. The molecule has 0 unspecified atom stereocenters. The standard InChI is InChI=1S/C14H11BrN2O2/c15-13-10(4-3-7-16-13)14(18)17-8-9-19-12-6-2-1-5-11(12)17/h1-7H,8-9H2. The number of aromatic nitrogens is 1. The molecule has 1 aliphatic rings. The minimum absolute atomic E-state index is 0.0734. The van der Waals surface area contributed by atoms with Gasteiger partial charge in [0.15, 0.2) is 0 Å². The van der Waals surface area contributed by atoms with Crippen LogP contribution in [0.4, 0.5) is 5.69 Å². The van der Waals surface area contributed by atoms with Crippen molar-refractivity contribution in [3.8, 4) is 5.75 Å². The number of nitrogens with zero attached hydrogens (tertiary/aromatic N) is 2. The second-order valence-electron chi connectivity index (χ2n) is 4.11. The first-order valence-electron chi connectivity index (χ1n) is 5.91. The van der Waals surface area contributed by atoms with Crippen molar-refractivity contribution in [1.82, 2.24) is 4.98 Å². The minimum Gasteiger partial charge on any atom is -0.490 e. The lowest BCUT2D eigenvalue weighted by molar-refractivity contribution is 0.0975. The molecule has 0 aliphatic carbocycles. The Labute approximate surface area is 119 Å². The number of hydrogen-bond donors (Lipinski definition) is 0. The molecule has 19 heavy (non-hydrogen) atoms. The van der Waals surface area contributed by atoms with E-state index in [9.17, 15) is 4.79 Å². The molecule has 1 aromatic carbocycles. The van der Waals surface area contributed by atoms with Crippen LogP contribution in [-0.2, 0) is 0 Å². The molecule has 1 amide bonds. The van der Waals surface area contributed by atoms with Crippen molar-refractivity contribution in [3.63, 3.8) is 0 Å². The molecule has 1 aromatic heterocycles. The summed E-state index contributed by atoms with van der Waals surface area (Å²) in [7, 11) is 0. The summed E-state index contributed by atoms with van der Waals surface area (Å²) in [6.45, 7) is 1.04. The molecule has 96 valence electrons. The maximum atomic E-state index is 12.6. The zero-order chi connectivity index (χ0) is 13.2. The maximum absolute atomic E-state index is 12.6. The zero-order valence-corrected chi connectivity index (χ0v) is 11.6. The van der Waals surface area contributed by atoms with Crippen molar-refractivity contribution >= 4 is 27.5 Å². The largest absolute Gasteiger partial charge is 0.490 e. The van der Waals surface area contributed by atoms with Crippen LogP contribution in [0, 0.1) is 0 Å². The molecular formula is C14H11BrN2O2. The fourth-order valence-electron chi connectivity index (χ4n) is 2.07. The van der Waals surface area contributed by atoms with Gasteiger partial charge in [-0.05, 0) is 40.2 Å². The molecule has 1 aliphatic heterocycles. The van der Waals surface area contributed by atoms with Crippen LogP contribution in [-0.4, -0.2) is 24.0 Å². The first-order chi connectivity index (χ1) is 9.27. The Balaban J connectivity index is 2.00. The molecule has 5 heteroatoms. The highest BCUT2D eigenvalue weighted by atomic mass is 79.9. The molecule has 0 saturated carbocycles. The molecule has 2 heterocycles. The Morgan fingerprint density at radius 2 is 2.11 bits per heavy atom. The van der Waals surface area contributed by atoms with Crippen LogP contribution >= 0.6 is 15.9 Å². The van der Waals surface area contributed by atoms with Gasteiger partial charge < -0.3 is 9.64 Å². The molecular weight excluding hydrogens is 308 g/mol. The topological polar surface area (TPSA) is 42.4 Å². The number of fused-ring (bicyclic) bond motifs is 1. The highest BCUT2D eigenvalue weighted by Gasteiger charge is 2.25. The molecule has 0 atom stereocenters. The third-order valence-electron chi connectivity index (χ3n) is 2.96. The van der Waals surface area contributed by atoms with Crippen molar-refractivity contribution in [2.75, 3.05) is 18.1 Å². The van der Waals surface area contributed by atoms with Gasteiger partial charge in [0.1, 0.15) is 17.0 Å². The number of benzene rings is 1. The maximum Gasteiger partial charge on any atom is 0.261 e. The fourth-order valence-corrected chi connectivity index (χ4v) is 2.49. The number of rotatable bonds is 1. The van der Waals surface area contributed by atoms with Gasteiger partial charge in [-0.25, -0.2) is 4.98 Å². The van der Waals surface area contributed by atoms with E-state index in [0.717, 1.165) is 11.4 Å². The zero-order valence-electron chi connectivity index (χ0n) is 10.0. The Morgan fingerprint density at radius 3 is 2.95 bits per heavy atom. The molecule has 4 nitrogen and oxygen atoms in total. The van der Waals surface area contributed by atoms with E-state index >= 15 is 0 Å². The first kappa shape index (κ1) is 12.2. The van der Waals surface area contributed by atoms with E-state index in [1.165, 1.54) is 0 Å². The van der Waals surface area contributed by atoms with Crippen LogP contribution in [0.15, 0.2) is 47.2 Å². The van der Waals surface area contributed by atoms with Crippen molar-refractivity contribution in [2.24, 2.45) is 0 Å². The lowest BCUT2D eigenvalue weighted by Crippen LogP contribution is -2.38. The number of ether oxygens (including phenoxy) is 1. The lowest BCUT2D eigenvalue weighted by Gasteiger charge is -2.29. The molecule has 0 fully saturated rings. The van der Waals surface area contributed by atoms with Gasteiger partial charge in [-0.1, -0.05) is 12.1 Å². The summed E-state index contributed by atoms with van der Waals surface area (Å²) in [5.74, 6) is 0.665. The predicted octanol–water partition coefficient (Wildman–Crippen LogP) is 2.88. The number of halogens is 1. The van der Waals surface area contributed by atoms with Crippen molar-refractivity contribution in [1.29, 1.82) is 0 Å². The molecule has 0 bridgehead atoms. The number of hydrogen-bond acceptors (Lipinski definition) is 3. The molecule has 2 aromatic rings. The number of carbonyl (C=O) groups is 1. The number of anilines is 1. The first-order valence-corrected chi connectivity index (χ1v) is 6.71. The number of para-hydroxylation sites is 2. The van der Waals surface area contributed by atoms with E-state index in [1.807, 2.05) is 24.3 Å². The van der Waals surface area contributed by atoms with Gasteiger partial charge in [-0.15, -0.1) is 0 Å². The summed E-state index contributed by atoms with van der Waals surface area (Å²) in [4.78, 5) is 18.4. The molecule has 3 rings (SSSR count). The van der Waals surface area contributed by atoms with Crippen LogP contribution in [0.25, 0.3) is 0 Å². The number of pyridine rings is 1. The van der Waals surface area contributed by atoms with Gasteiger partial charge in [-0.2, -0.15) is 0 Å². The van der Waals surface area contributed by atoms with Gasteiger partial charge in [0.25, 0.3) is 5.91 Å². The second kappa shape index (κ2) is 5.01. The molecule has 0 radical (unpaired) electrons. The van der Waals surface area contributed by atoms with Crippen molar-refractivity contribution < 1.29 is 9.53 Å². The Bertz CT molecular complexity index is 630. The van der Waals surface area contributed by atoms with E-state index in [1.54, 1.807) is 23.2 Å². The Kier molecular flexibility index (Phi) is 3.21. The smallest absolute Gasteiger partial charge is 0.261 e. The van der Waals surface area contributed by atoms with Crippen molar-refractivity contribution in [2.45, 2.75) is 0 Å².